The highest BCUT2D eigenvalue weighted by atomic mass is 15.3. The van der Waals surface area contributed by atoms with Crippen molar-refractivity contribution in [2.45, 2.75) is 117 Å². The third kappa shape index (κ3) is 4.32. The number of hydrogen-bond acceptors (Lipinski definition) is 2. The highest BCUT2D eigenvalue weighted by Crippen LogP contribution is 2.61. The summed E-state index contributed by atoms with van der Waals surface area (Å²) in [5, 5.41) is 1.37. The molecule has 4 heteroatoms. The Morgan fingerprint density at radius 1 is 0.648 bits per heavy atom. The average Bonchev–Trinajstić information content (AvgIpc) is 3.52. The van der Waals surface area contributed by atoms with E-state index < -0.39 is 0 Å². The summed E-state index contributed by atoms with van der Waals surface area (Å²) in [6.45, 7) is 23.8. The highest BCUT2D eigenvalue weighted by Gasteiger charge is 2.61. The van der Waals surface area contributed by atoms with Crippen LogP contribution in [0.2, 0.25) is 0 Å². The van der Waals surface area contributed by atoms with Crippen LogP contribution in [0.15, 0.2) is 97.1 Å². The van der Waals surface area contributed by atoms with Gasteiger partial charge in [0.15, 0.2) is 0 Å². The number of rotatable bonds is 3. The minimum absolute atomic E-state index is 0.0253. The highest BCUT2D eigenvalue weighted by molar-refractivity contribution is 7.00. The molecule has 0 saturated heterocycles. The molecule has 1 fully saturated rings. The first-order valence-corrected chi connectivity index (χ1v) is 20.4. The fraction of sp³-hybridized carbons (Fsp3) is 0.360. The Labute approximate surface area is 323 Å². The number of aromatic nitrogens is 1. The lowest BCUT2D eigenvalue weighted by molar-refractivity contribution is 0.195. The molecule has 2 atom stereocenters. The number of fused-ring (bicyclic) bond motifs is 7. The monoisotopic (exact) mass is 707 g/mol. The Kier molecular flexibility index (Phi) is 6.87. The molecule has 0 bridgehead atoms. The molecule has 2 unspecified atom stereocenters. The van der Waals surface area contributed by atoms with Crippen LogP contribution in [0.25, 0.3) is 16.6 Å². The van der Waals surface area contributed by atoms with Crippen molar-refractivity contribution in [2.24, 2.45) is 0 Å². The van der Waals surface area contributed by atoms with Crippen molar-refractivity contribution >= 4 is 62.4 Å². The van der Waals surface area contributed by atoms with E-state index in [-0.39, 0.29) is 28.5 Å². The molecule has 6 aromatic rings. The van der Waals surface area contributed by atoms with E-state index in [1.807, 2.05) is 0 Å². The van der Waals surface area contributed by atoms with Crippen LogP contribution in [-0.4, -0.2) is 16.8 Å². The number of para-hydroxylation sites is 2. The Balaban J connectivity index is 1.31. The third-order valence-electron chi connectivity index (χ3n) is 14.5. The summed E-state index contributed by atoms with van der Waals surface area (Å²) in [5.74, 6) is 0. The second-order valence-electron chi connectivity index (χ2n) is 19.4. The standard InChI is InChI=1S/C50H54BN3/c1-31-32(2)52-42-29-37(53(35-23-19-33(20-24-35)47(3,4)5)36-25-21-34(22-26-36)48(6,7)8)30-43-44(42)51(40-17-13-15-38(31)45(40)52)41-18-14-16-39-46(41)54(43)50(10)28-12-11-27-49(39,50)9/h13-26,29-30H,11-12,27-28H2,1-10H3. The number of nitrogens with zero attached hydrogens (tertiary/aromatic N) is 3. The van der Waals surface area contributed by atoms with Gasteiger partial charge in [-0.25, -0.2) is 0 Å². The number of aryl methyl sites for hydroxylation is 1. The summed E-state index contributed by atoms with van der Waals surface area (Å²) < 4.78 is 2.62. The quantitative estimate of drug-likeness (QED) is 0.169. The predicted molar refractivity (Wildman–Crippen MR) is 232 cm³/mol. The van der Waals surface area contributed by atoms with Crippen molar-refractivity contribution in [1.29, 1.82) is 0 Å². The van der Waals surface area contributed by atoms with Crippen molar-refractivity contribution in [3.8, 4) is 5.69 Å². The van der Waals surface area contributed by atoms with Crippen molar-refractivity contribution in [2.75, 3.05) is 9.80 Å². The lowest BCUT2D eigenvalue weighted by Gasteiger charge is -2.52. The van der Waals surface area contributed by atoms with Crippen LogP contribution in [0.4, 0.5) is 28.4 Å². The summed E-state index contributed by atoms with van der Waals surface area (Å²) >= 11 is 0. The van der Waals surface area contributed by atoms with Gasteiger partial charge in [-0.1, -0.05) is 122 Å². The Morgan fingerprint density at radius 3 is 1.85 bits per heavy atom. The molecule has 1 saturated carbocycles. The molecule has 3 aliphatic heterocycles. The summed E-state index contributed by atoms with van der Waals surface area (Å²) in [6, 6.07) is 38.2. The zero-order valence-corrected chi connectivity index (χ0v) is 34.0. The first-order valence-electron chi connectivity index (χ1n) is 20.4. The largest absolute Gasteiger partial charge is 0.335 e. The van der Waals surface area contributed by atoms with Crippen molar-refractivity contribution in [3.63, 3.8) is 0 Å². The summed E-state index contributed by atoms with van der Waals surface area (Å²) in [4.78, 5) is 5.38. The molecule has 5 aromatic carbocycles. The second kappa shape index (κ2) is 11.0. The van der Waals surface area contributed by atoms with E-state index >= 15 is 0 Å². The molecule has 272 valence electrons. The molecule has 0 amide bonds. The smallest absolute Gasteiger partial charge is 0.252 e. The summed E-state index contributed by atoms with van der Waals surface area (Å²) in [6.07, 6.45) is 4.97. The van der Waals surface area contributed by atoms with Gasteiger partial charge in [-0.15, -0.1) is 0 Å². The third-order valence-corrected chi connectivity index (χ3v) is 14.5. The van der Waals surface area contributed by atoms with Gasteiger partial charge in [-0.2, -0.15) is 0 Å². The molecule has 1 aliphatic carbocycles. The maximum absolute atomic E-state index is 2.86. The molecule has 54 heavy (non-hydrogen) atoms. The van der Waals surface area contributed by atoms with E-state index in [1.54, 1.807) is 5.56 Å². The minimum Gasteiger partial charge on any atom is -0.335 e. The van der Waals surface area contributed by atoms with Crippen LogP contribution in [-0.2, 0) is 16.2 Å². The van der Waals surface area contributed by atoms with Crippen LogP contribution in [0.1, 0.15) is 109 Å². The van der Waals surface area contributed by atoms with Gasteiger partial charge >= 0.3 is 0 Å². The van der Waals surface area contributed by atoms with Crippen molar-refractivity contribution < 1.29 is 0 Å². The van der Waals surface area contributed by atoms with E-state index in [9.17, 15) is 0 Å². The van der Waals surface area contributed by atoms with Gasteiger partial charge in [0.1, 0.15) is 0 Å². The fourth-order valence-corrected chi connectivity index (χ4v) is 11.1. The number of hydrogen-bond donors (Lipinski definition) is 0. The zero-order chi connectivity index (χ0) is 37.7. The zero-order valence-electron chi connectivity index (χ0n) is 34.0. The van der Waals surface area contributed by atoms with E-state index in [0.717, 1.165) is 0 Å². The molecule has 10 rings (SSSR count). The molecule has 1 aromatic heterocycles. The lowest BCUT2D eigenvalue weighted by atomic mass is 9.33. The van der Waals surface area contributed by atoms with E-state index in [0.29, 0.717) is 0 Å². The van der Waals surface area contributed by atoms with Gasteiger partial charge in [-0.3, -0.25) is 0 Å². The topological polar surface area (TPSA) is 11.4 Å². The number of benzene rings is 5. The second-order valence-corrected chi connectivity index (χ2v) is 19.4. The predicted octanol–water partition coefficient (Wildman–Crippen LogP) is 11.2. The summed E-state index contributed by atoms with van der Waals surface area (Å²) in [5.41, 5.74) is 20.7. The Hall–Kier alpha value is -4.70. The molecule has 0 radical (unpaired) electrons. The van der Waals surface area contributed by atoms with Crippen LogP contribution >= 0.6 is 0 Å². The van der Waals surface area contributed by atoms with Crippen LogP contribution in [0.3, 0.4) is 0 Å². The molecule has 3 nitrogen and oxygen atoms in total. The van der Waals surface area contributed by atoms with Crippen LogP contribution in [0.5, 0.6) is 0 Å². The van der Waals surface area contributed by atoms with Gasteiger partial charge in [0.2, 0.25) is 0 Å². The normalized spacial score (nSPS) is 20.9. The number of anilines is 5. The van der Waals surface area contributed by atoms with E-state index in [2.05, 4.69) is 181 Å². The average molecular weight is 708 g/mol. The van der Waals surface area contributed by atoms with Crippen molar-refractivity contribution in [1.82, 2.24) is 4.57 Å². The van der Waals surface area contributed by atoms with E-state index in [1.165, 1.54) is 109 Å². The minimum atomic E-state index is -0.0253. The van der Waals surface area contributed by atoms with Crippen LogP contribution < -0.4 is 26.2 Å². The SMILES string of the molecule is Cc1c(C)n2c3c(cccc13)B1c3cccc4c3N(c3cc(N(c5ccc(C(C)(C)C)cc5)c5ccc(C(C)(C)C)cc5)cc-2c31)C1(C)CCCCC41C. The maximum atomic E-state index is 2.86. The van der Waals surface area contributed by atoms with E-state index in [4.69, 9.17) is 0 Å². The molecule has 4 aliphatic rings. The van der Waals surface area contributed by atoms with Crippen molar-refractivity contribution in [3.05, 3.63) is 125 Å². The van der Waals surface area contributed by atoms with Gasteiger partial charge in [0.05, 0.1) is 11.2 Å². The van der Waals surface area contributed by atoms with Gasteiger partial charge in [0, 0.05) is 50.4 Å². The summed E-state index contributed by atoms with van der Waals surface area (Å²) in [7, 11) is 0. The van der Waals surface area contributed by atoms with Gasteiger partial charge in [-0.05, 0) is 119 Å². The molecular weight excluding hydrogens is 653 g/mol. The Bertz CT molecular complexity index is 2470. The first kappa shape index (κ1) is 33.8. The maximum Gasteiger partial charge on any atom is 0.252 e. The first-order chi connectivity index (χ1) is 25.6. The molecule has 0 N–H and O–H groups in total. The lowest BCUT2D eigenvalue weighted by Crippen LogP contribution is -2.64. The molecule has 4 heterocycles. The Morgan fingerprint density at radius 2 is 1.22 bits per heavy atom. The molecular formula is C50H54BN3. The molecule has 0 spiro atoms. The van der Waals surface area contributed by atoms with Crippen LogP contribution in [0, 0.1) is 13.8 Å². The van der Waals surface area contributed by atoms with Gasteiger partial charge < -0.3 is 14.4 Å². The van der Waals surface area contributed by atoms with Gasteiger partial charge in [0.25, 0.3) is 6.71 Å². The fourth-order valence-electron chi connectivity index (χ4n) is 11.1.